The first-order valence-corrected chi connectivity index (χ1v) is 10.2. The SMILES string of the molecule is O=C1CC[C@]2(CCCN(C(=O)C3CCOCC3)C2)CN1Cc1cccnc1. The van der Waals surface area contributed by atoms with Crippen LogP contribution < -0.4 is 0 Å². The van der Waals surface area contributed by atoms with Crippen molar-refractivity contribution in [2.24, 2.45) is 11.3 Å². The molecule has 1 atom stereocenters. The zero-order chi connectivity index (χ0) is 18.7. The van der Waals surface area contributed by atoms with Crippen LogP contribution in [0, 0.1) is 11.3 Å². The Kier molecular flexibility index (Phi) is 5.43. The molecule has 0 saturated carbocycles. The van der Waals surface area contributed by atoms with Gasteiger partial charge in [-0.25, -0.2) is 0 Å². The van der Waals surface area contributed by atoms with Crippen LogP contribution in [-0.2, 0) is 20.9 Å². The Morgan fingerprint density at radius 3 is 2.89 bits per heavy atom. The van der Waals surface area contributed by atoms with E-state index in [0.29, 0.717) is 32.1 Å². The molecule has 4 heterocycles. The largest absolute Gasteiger partial charge is 0.381 e. The van der Waals surface area contributed by atoms with Crippen LogP contribution in [0.25, 0.3) is 0 Å². The molecule has 3 aliphatic rings. The number of pyridine rings is 1. The fraction of sp³-hybridized carbons (Fsp3) is 0.667. The molecule has 4 rings (SSSR count). The minimum Gasteiger partial charge on any atom is -0.381 e. The van der Waals surface area contributed by atoms with Crippen LogP contribution in [0.2, 0.25) is 0 Å². The highest BCUT2D eigenvalue weighted by atomic mass is 16.5. The summed E-state index contributed by atoms with van der Waals surface area (Å²) >= 11 is 0. The molecular formula is C21H29N3O3. The molecule has 0 bridgehead atoms. The van der Waals surface area contributed by atoms with Crippen molar-refractivity contribution in [2.45, 2.75) is 45.1 Å². The lowest BCUT2D eigenvalue weighted by atomic mass is 9.73. The molecule has 3 aliphatic heterocycles. The van der Waals surface area contributed by atoms with E-state index < -0.39 is 0 Å². The number of piperidine rings is 2. The van der Waals surface area contributed by atoms with Crippen molar-refractivity contribution < 1.29 is 14.3 Å². The highest BCUT2D eigenvalue weighted by Gasteiger charge is 2.43. The quantitative estimate of drug-likeness (QED) is 0.817. The Balaban J connectivity index is 1.43. The lowest BCUT2D eigenvalue weighted by molar-refractivity contribution is -0.147. The molecule has 0 unspecified atom stereocenters. The van der Waals surface area contributed by atoms with Gasteiger partial charge in [-0.2, -0.15) is 0 Å². The Morgan fingerprint density at radius 1 is 1.26 bits per heavy atom. The average molecular weight is 371 g/mol. The van der Waals surface area contributed by atoms with Crippen molar-refractivity contribution in [1.82, 2.24) is 14.8 Å². The van der Waals surface area contributed by atoms with Crippen LogP contribution in [0.5, 0.6) is 0 Å². The molecule has 0 radical (unpaired) electrons. The second-order valence-corrected chi connectivity index (χ2v) is 8.36. The van der Waals surface area contributed by atoms with E-state index in [2.05, 4.69) is 9.88 Å². The van der Waals surface area contributed by atoms with Gasteiger partial charge in [-0.1, -0.05) is 6.07 Å². The third-order valence-corrected chi connectivity index (χ3v) is 6.39. The smallest absolute Gasteiger partial charge is 0.225 e. The highest BCUT2D eigenvalue weighted by molar-refractivity contribution is 5.79. The summed E-state index contributed by atoms with van der Waals surface area (Å²) in [5, 5.41) is 0. The summed E-state index contributed by atoms with van der Waals surface area (Å²) in [7, 11) is 0. The number of aromatic nitrogens is 1. The molecule has 146 valence electrons. The van der Waals surface area contributed by atoms with Crippen molar-refractivity contribution in [1.29, 1.82) is 0 Å². The van der Waals surface area contributed by atoms with Crippen LogP contribution in [0.15, 0.2) is 24.5 Å². The van der Waals surface area contributed by atoms with Gasteiger partial charge in [-0.3, -0.25) is 14.6 Å². The lowest BCUT2D eigenvalue weighted by Gasteiger charge is -2.49. The minimum absolute atomic E-state index is 0.0508. The first-order chi connectivity index (χ1) is 13.2. The van der Waals surface area contributed by atoms with Gasteiger partial charge in [0.15, 0.2) is 0 Å². The average Bonchev–Trinajstić information content (AvgIpc) is 2.72. The van der Waals surface area contributed by atoms with Crippen LogP contribution in [-0.4, -0.2) is 59.4 Å². The van der Waals surface area contributed by atoms with E-state index in [-0.39, 0.29) is 17.2 Å². The number of rotatable bonds is 3. The summed E-state index contributed by atoms with van der Waals surface area (Å²) in [6.07, 6.45) is 8.88. The molecule has 1 aromatic rings. The third kappa shape index (κ3) is 4.15. The molecule has 0 aliphatic carbocycles. The van der Waals surface area contributed by atoms with Gasteiger partial charge in [0, 0.05) is 69.5 Å². The Morgan fingerprint density at radius 2 is 2.11 bits per heavy atom. The monoisotopic (exact) mass is 371 g/mol. The van der Waals surface area contributed by atoms with Gasteiger partial charge in [0.25, 0.3) is 0 Å². The topological polar surface area (TPSA) is 62.7 Å². The van der Waals surface area contributed by atoms with E-state index in [1.165, 1.54) is 0 Å². The lowest BCUT2D eigenvalue weighted by Crippen LogP contribution is -2.55. The zero-order valence-corrected chi connectivity index (χ0v) is 15.9. The number of amides is 2. The molecule has 1 aromatic heterocycles. The molecule has 0 N–H and O–H groups in total. The van der Waals surface area contributed by atoms with Crippen molar-refractivity contribution in [3.8, 4) is 0 Å². The van der Waals surface area contributed by atoms with Gasteiger partial charge in [-0.05, 0) is 43.7 Å². The molecule has 3 saturated heterocycles. The fourth-order valence-corrected chi connectivity index (χ4v) is 4.89. The number of hydrogen-bond acceptors (Lipinski definition) is 4. The van der Waals surface area contributed by atoms with Gasteiger partial charge >= 0.3 is 0 Å². The maximum atomic E-state index is 13.0. The minimum atomic E-state index is 0.0508. The maximum Gasteiger partial charge on any atom is 0.225 e. The van der Waals surface area contributed by atoms with E-state index in [1.807, 2.05) is 23.2 Å². The van der Waals surface area contributed by atoms with E-state index in [9.17, 15) is 9.59 Å². The van der Waals surface area contributed by atoms with Gasteiger partial charge in [-0.15, -0.1) is 0 Å². The van der Waals surface area contributed by atoms with E-state index in [4.69, 9.17) is 4.74 Å². The third-order valence-electron chi connectivity index (χ3n) is 6.39. The molecule has 2 amide bonds. The summed E-state index contributed by atoms with van der Waals surface area (Å²) in [5.74, 6) is 0.635. The van der Waals surface area contributed by atoms with Gasteiger partial charge in [0.1, 0.15) is 0 Å². The summed E-state index contributed by atoms with van der Waals surface area (Å²) in [5.41, 5.74) is 1.11. The molecule has 1 spiro atoms. The standard InChI is InChI=1S/C21H29N3O3/c25-19-4-8-21(16-24(19)14-17-3-1-9-22-13-17)7-2-10-23(15-21)20(26)18-5-11-27-12-6-18/h1,3,9,13,18H,2,4-8,10-12,14-16H2/t21-/m0/s1. The van der Waals surface area contributed by atoms with Crippen LogP contribution >= 0.6 is 0 Å². The summed E-state index contributed by atoms with van der Waals surface area (Å²) in [6, 6.07) is 3.93. The van der Waals surface area contributed by atoms with E-state index >= 15 is 0 Å². The predicted octanol–water partition coefficient (Wildman–Crippen LogP) is 2.24. The molecule has 6 nitrogen and oxygen atoms in total. The normalized spacial score (nSPS) is 27.2. The molecular weight excluding hydrogens is 342 g/mol. The molecule has 0 aromatic carbocycles. The Bertz CT molecular complexity index is 675. The number of carbonyl (C=O) groups is 2. The summed E-state index contributed by atoms with van der Waals surface area (Å²) in [4.78, 5) is 33.7. The van der Waals surface area contributed by atoms with E-state index in [1.54, 1.807) is 6.20 Å². The van der Waals surface area contributed by atoms with Crippen molar-refractivity contribution in [2.75, 3.05) is 32.8 Å². The van der Waals surface area contributed by atoms with E-state index in [0.717, 1.165) is 57.3 Å². The molecule has 27 heavy (non-hydrogen) atoms. The number of carbonyl (C=O) groups excluding carboxylic acids is 2. The second kappa shape index (κ2) is 7.97. The first kappa shape index (κ1) is 18.4. The van der Waals surface area contributed by atoms with Crippen molar-refractivity contribution in [3.05, 3.63) is 30.1 Å². The first-order valence-electron chi connectivity index (χ1n) is 10.2. The van der Waals surface area contributed by atoms with Crippen LogP contribution in [0.3, 0.4) is 0 Å². The van der Waals surface area contributed by atoms with Crippen molar-refractivity contribution in [3.63, 3.8) is 0 Å². The second-order valence-electron chi connectivity index (χ2n) is 8.36. The zero-order valence-electron chi connectivity index (χ0n) is 15.9. The number of ether oxygens (including phenoxy) is 1. The molecule has 6 heteroatoms. The number of likely N-dealkylation sites (tertiary alicyclic amines) is 2. The Labute approximate surface area is 160 Å². The fourth-order valence-electron chi connectivity index (χ4n) is 4.89. The number of nitrogens with zero attached hydrogens (tertiary/aromatic N) is 3. The number of hydrogen-bond donors (Lipinski definition) is 0. The van der Waals surface area contributed by atoms with Gasteiger partial charge in [0.2, 0.25) is 11.8 Å². The predicted molar refractivity (Wildman–Crippen MR) is 101 cm³/mol. The summed E-state index contributed by atoms with van der Waals surface area (Å²) in [6.45, 7) is 4.40. The maximum absolute atomic E-state index is 13.0. The molecule has 3 fully saturated rings. The van der Waals surface area contributed by atoms with Gasteiger partial charge < -0.3 is 14.5 Å². The highest BCUT2D eigenvalue weighted by Crippen LogP contribution is 2.40. The van der Waals surface area contributed by atoms with Crippen LogP contribution in [0.1, 0.15) is 44.1 Å². The summed E-state index contributed by atoms with van der Waals surface area (Å²) < 4.78 is 5.41. The van der Waals surface area contributed by atoms with Crippen molar-refractivity contribution >= 4 is 11.8 Å². The van der Waals surface area contributed by atoms with Gasteiger partial charge in [0.05, 0.1) is 0 Å². The Hall–Kier alpha value is -1.95. The van der Waals surface area contributed by atoms with Crippen LogP contribution in [0.4, 0.5) is 0 Å².